The zero-order valence-corrected chi connectivity index (χ0v) is 18.8. The zero-order chi connectivity index (χ0) is 21.6. The number of amides is 1. The summed E-state index contributed by atoms with van der Waals surface area (Å²) in [5.41, 5.74) is 0.759. The average molecular weight is 448 g/mol. The summed E-state index contributed by atoms with van der Waals surface area (Å²) in [5, 5.41) is 12.2. The maximum Gasteiger partial charge on any atom is 0.230 e. The molecule has 3 rings (SSSR count). The normalized spacial score (nSPS) is 11.5. The van der Waals surface area contributed by atoms with Crippen LogP contribution in [0.15, 0.2) is 45.3 Å². The van der Waals surface area contributed by atoms with Gasteiger partial charge in [0.1, 0.15) is 18.1 Å². The number of anilines is 1. The van der Waals surface area contributed by atoms with E-state index in [4.69, 9.17) is 14.3 Å². The van der Waals surface area contributed by atoms with E-state index in [0.29, 0.717) is 22.5 Å². The number of thiazole rings is 1. The molecule has 0 saturated heterocycles. The van der Waals surface area contributed by atoms with Crippen LogP contribution < -0.4 is 10.1 Å². The molecule has 2 aromatic heterocycles. The first kappa shape index (κ1) is 22.3. The number of aromatic nitrogens is 2. The molecule has 1 aromatic carbocycles. The number of benzene rings is 1. The van der Waals surface area contributed by atoms with Crippen molar-refractivity contribution >= 4 is 34.1 Å². The molecule has 0 atom stereocenters. The number of nitrogens with zero attached hydrogens (tertiary/aromatic N) is 2. The molecule has 0 radical (unpaired) electrons. The molecule has 30 heavy (non-hydrogen) atoms. The predicted octanol–water partition coefficient (Wildman–Crippen LogP) is 4.27. The third-order valence-electron chi connectivity index (χ3n) is 3.98. The minimum Gasteiger partial charge on any atom is -0.491 e. The zero-order valence-electron chi connectivity index (χ0n) is 17.2. The Hall–Kier alpha value is -2.36. The van der Waals surface area contributed by atoms with Gasteiger partial charge in [-0.15, -0.1) is 11.8 Å². The first-order valence-electron chi connectivity index (χ1n) is 9.50. The van der Waals surface area contributed by atoms with E-state index >= 15 is 0 Å². The summed E-state index contributed by atoms with van der Waals surface area (Å²) in [6.45, 7) is 6.42. The lowest BCUT2D eigenvalue weighted by Crippen LogP contribution is -2.14. The van der Waals surface area contributed by atoms with E-state index in [1.807, 2.05) is 12.1 Å². The van der Waals surface area contributed by atoms with E-state index in [-0.39, 0.29) is 31.0 Å². The third kappa shape index (κ3) is 6.58. The van der Waals surface area contributed by atoms with Crippen LogP contribution in [0.3, 0.4) is 0 Å². The van der Waals surface area contributed by atoms with Crippen molar-refractivity contribution in [2.24, 2.45) is 0 Å². The van der Waals surface area contributed by atoms with Gasteiger partial charge in [-0.1, -0.05) is 44.2 Å². The van der Waals surface area contributed by atoms with Gasteiger partial charge in [-0.2, -0.15) is 0 Å². The highest BCUT2D eigenvalue weighted by molar-refractivity contribution is 8.00. The molecule has 160 valence electrons. The molecule has 0 unspecified atom stereocenters. The fourth-order valence-corrected chi connectivity index (χ4v) is 4.24. The van der Waals surface area contributed by atoms with E-state index in [1.165, 1.54) is 11.3 Å². The van der Waals surface area contributed by atoms with Gasteiger partial charge in [0.25, 0.3) is 0 Å². The monoisotopic (exact) mass is 447 g/mol. The van der Waals surface area contributed by atoms with Crippen molar-refractivity contribution in [2.75, 3.05) is 18.5 Å². The van der Waals surface area contributed by atoms with Crippen molar-refractivity contribution in [3.05, 3.63) is 53.9 Å². The molecule has 0 spiro atoms. The highest BCUT2D eigenvalue weighted by atomic mass is 32.2. The van der Waals surface area contributed by atoms with Gasteiger partial charge < -0.3 is 19.6 Å². The Balaban J connectivity index is 1.50. The molecule has 0 bridgehead atoms. The largest absolute Gasteiger partial charge is 0.491 e. The van der Waals surface area contributed by atoms with Crippen molar-refractivity contribution in [1.29, 1.82) is 0 Å². The fourth-order valence-electron chi connectivity index (χ4n) is 2.50. The maximum absolute atomic E-state index is 12.3. The van der Waals surface area contributed by atoms with E-state index in [1.54, 1.807) is 36.3 Å². The minimum absolute atomic E-state index is 0.0527. The molecule has 2 N–H and O–H groups in total. The van der Waals surface area contributed by atoms with Crippen molar-refractivity contribution in [3.63, 3.8) is 0 Å². The number of oxazole rings is 1. The van der Waals surface area contributed by atoms with Gasteiger partial charge in [0.2, 0.25) is 11.8 Å². The Bertz CT molecular complexity index is 979. The van der Waals surface area contributed by atoms with Gasteiger partial charge >= 0.3 is 0 Å². The van der Waals surface area contributed by atoms with Gasteiger partial charge in [0.05, 0.1) is 35.4 Å². The number of aliphatic hydroxyl groups excluding tert-OH is 1. The van der Waals surface area contributed by atoms with Crippen molar-refractivity contribution < 1.29 is 19.1 Å². The maximum atomic E-state index is 12.3. The van der Waals surface area contributed by atoms with Gasteiger partial charge in [-0.05, 0) is 17.7 Å². The number of nitrogens with one attached hydrogen (secondary N) is 1. The Morgan fingerprint density at radius 2 is 2.13 bits per heavy atom. The number of hydrogen-bond acceptors (Lipinski definition) is 8. The molecular weight excluding hydrogens is 422 g/mol. The van der Waals surface area contributed by atoms with Crippen molar-refractivity contribution in [1.82, 2.24) is 9.97 Å². The van der Waals surface area contributed by atoms with E-state index in [2.05, 4.69) is 36.1 Å². The summed E-state index contributed by atoms with van der Waals surface area (Å²) in [5.74, 6) is 2.62. The third-order valence-corrected chi connectivity index (χ3v) is 6.08. The lowest BCUT2D eigenvalue weighted by atomic mass is 9.94. The second kappa shape index (κ2) is 10.1. The van der Waals surface area contributed by atoms with Gasteiger partial charge in [-0.25, -0.2) is 9.97 Å². The molecular formula is C21H25N3O4S2. The molecule has 3 aromatic rings. The minimum atomic E-state index is -0.150. The summed E-state index contributed by atoms with van der Waals surface area (Å²) in [6.07, 6.45) is 3.73. The summed E-state index contributed by atoms with van der Waals surface area (Å²) in [7, 11) is 0. The summed E-state index contributed by atoms with van der Waals surface area (Å²) >= 11 is 2.99. The number of hydrogen-bond donors (Lipinski definition) is 2. The lowest BCUT2D eigenvalue weighted by molar-refractivity contribution is -0.115. The van der Waals surface area contributed by atoms with Crippen LogP contribution in [0.2, 0.25) is 0 Å². The summed E-state index contributed by atoms with van der Waals surface area (Å²) < 4.78 is 12.1. The average Bonchev–Trinajstić information content (AvgIpc) is 3.34. The highest BCUT2D eigenvalue weighted by Crippen LogP contribution is 2.31. The number of rotatable bonds is 9. The Morgan fingerprint density at radius 1 is 1.30 bits per heavy atom. The smallest absolute Gasteiger partial charge is 0.230 e. The predicted molar refractivity (Wildman–Crippen MR) is 118 cm³/mol. The Morgan fingerprint density at radius 3 is 2.87 bits per heavy atom. The molecule has 7 nitrogen and oxygen atoms in total. The standard InChI is InChI=1S/C21H25N3O4S2/c1-21(2,3)16-11-22-18(28-16)13-29-19-12-23-20(30-19)24-17(26)10-14-5-4-6-15(9-14)27-8-7-25/h4-6,9,11-12,25H,7-8,10,13H2,1-3H3,(H,23,24,26). The van der Waals surface area contributed by atoms with Crippen LogP contribution in [-0.4, -0.2) is 34.2 Å². The van der Waals surface area contributed by atoms with Gasteiger partial charge in [0, 0.05) is 5.41 Å². The van der Waals surface area contributed by atoms with Crippen LogP contribution in [0.25, 0.3) is 0 Å². The number of aliphatic hydroxyl groups is 1. The van der Waals surface area contributed by atoms with Crippen LogP contribution in [0.1, 0.15) is 38.0 Å². The van der Waals surface area contributed by atoms with E-state index < -0.39 is 0 Å². The van der Waals surface area contributed by atoms with Crippen molar-refractivity contribution in [2.45, 2.75) is 42.6 Å². The van der Waals surface area contributed by atoms with Crippen LogP contribution in [0.4, 0.5) is 5.13 Å². The fraction of sp³-hybridized carbons (Fsp3) is 0.381. The van der Waals surface area contributed by atoms with Gasteiger partial charge in [-0.3, -0.25) is 4.79 Å². The number of carbonyl (C=O) groups excluding carboxylic acids is 1. The summed E-state index contributed by atoms with van der Waals surface area (Å²) in [6, 6.07) is 7.26. The lowest BCUT2D eigenvalue weighted by Gasteiger charge is -2.12. The molecule has 0 aliphatic carbocycles. The van der Waals surface area contributed by atoms with Crippen LogP contribution in [0.5, 0.6) is 5.75 Å². The summed E-state index contributed by atoms with van der Waals surface area (Å²) in [4.78, 5) is 20.9. The van der Waals surface area contributed by atoms with Crippen molar-refractivity contribution in [3.8, 4) is 5.75 Å². The Labute approximate surface area is 183 Å². The quantitative estimate of drug-likeness (QED) is 0.473. The molecule has 0 fully saturated rings. The first-order valence-corrected chi connectivity index (χ1v) is 11.3. The molecule has 2 heterocycles. The molecule has 9 heteroatoms. The second-order valence-corrected chi connectivity index (χ2v) is 9.89. The highest BCUT2D eigenvalue weighted by Gasteiger charge is 2.19. The number of thioether (sulfide) groups is 1. The number of carbonyl (C=O) groups is 1. The van der Waals surface area contributed by atoms with Crippen LogP contribution in [-0.2, 0) is 22.4 Å². The number of ether oxygens (including phenoxy) is 1. The molecule has 1 amide bonds. The Kier molecular flexibility index (Phi) is 7.52. The second-order valence-electron chi connectivity index (χ2n) is 7.59. The molecule has 0 saturated carbocycles. The molecule has 0 aliphatic rings. The first-order chi connectivity index (χ1) is 14.3. The molecule has 0 aliphatic heterocycles. The van der Waals surface area contributed by atoms with Gasteiger partial charge in [0.15, 0.2) is 5.13 Å². The van der Waals surface area contributed by atoms with Crippen LogP contribution >= 0.6 is 23.1 Å². The topological polar surface area (TPSA) is 97.5 Å². The SMILES string of the molecule is CC(C)(C)c1cnc(CSc2cnc(NC(=O)Cc3cccc(OCCO)c3)s2)o1. The van der Waals surface area contributed by atoms with Crippen LogP contribution in [0, 0.1) is 0 Å². The van der Waals surface area contributed by atoms with E-state index in [0.717, 1.165) is 15.5 Å². The van der Waals surface area contributed by atoms with E-state index in [9.17, 15) is 4.79 Å².